The van der Waals surface area contributed by atoms with Crippen molar-refractivity contribution in [2.45, 2.75) is 25.8 Å². The van der Waals surface area contributed by atoms with E-state index in [1.807, 2.05) is 31.3 Å². The van der Waals surface area contributed by atoms with Gasteiger partial charge in [0.25, 0.3) is 0 Å². The fourth-order valence-electron chi connectivity index (χ4n) is 2.46. The Morgan fingerprint density at radius 2 is 2.21 bits per heavy atom. The van der Waals surface area contributed by atoms with Crippen LogP contribution in [0.15, 0.2) is 24.4 Å². The van der Waals surface area contributed by atoms with E-state index in [0.29, 0.717) is 6.04 Å². The van der Waals surface area contributed by atoms with Crippen LogP contribution in [-0.4, -0.2) is 16.5 Å². The lowest BCUT2D eigenvalue weighted by Gasteiger charge is -2.07. The van der Waals surface area contributed by atoms with Crippen LogP contribution in [0, 0.1) is 6.92 Å². The van der Waals surface area contributed by atoms with E-state index in [1.54, 1.807) is 0 Å². The monoisotopic (exact) mass is 297 g/mol. The maximum Gasteiger partial charge on any atom is 0.137 e. The summed E-state index contributed by atoms with van der Waals surface area (Å²) in [6, 6.07) is 6.33. The summed E-state index contributed by atoms with van der Waals surface area (Å²) in [4.78, 5) is 7.89. The van der Waals surface area contributed by atoms with Crippen molar-refractivity contribution in [3.8, 4) is 11.4 Å². The average molecular weight is 298 g/mol. The number of halogens is 2. The van der Waals surface area contributed by atoms with Crippen LogP contribution < -0.4 is 5.32 Å². The molecule has 2 heterocycles. The van der Waals surface area contributed by atoms with Crippen LogP contribution in [0.4, 0.5) is 0 Å². The van der Waals surface area contributed by atoms with Gasteiger partial charge in [-0.05, 0) is 37.9 Å². The number of aromatic nitrogens is 2. The summed E-state index contributed by atoms with van der Waals surface area (Å²) in [5.41, 5.74) is 3.31. The molecular weight excluding hydrogens is 281 g/mol. The molecule has 3 rings (SSSR count). The van der Waals surface area contributed by atoms with Gasteiger partial charge in [-0.1, -0.05) is 23.7 Å². The first kappa shape index (κ1) is 14.4. The van der Waals surface area contributed by atoms with Crippen molar-refractivity contribution in [3.63, 3.8) is 0 Å². The summed E-state index contributed by atoms with van der Waals surface area (Å²) >= 11 is 6.14. The smallest absolute Gasteiger partial charge is 0.137 e. The number of nitrogens with zero attached hydrogens (tertiary/aromatic N) is 1. The highest BCUT2D eigenvalue weighted by atomic mass is 35.5. The topological polar surface area (TPSA) is 40.7 Å². The van der Waals surface area contributed by atoms with Gasteiger partial charge in [0.1, 0.15) is 5.82 Å². The van der Waals surface area contributed by atoms with E-state index in [-0.39, 0.29) is 12.4 Å². The normalized spacial score (nSPS) is 18.3. The van der Waals surface area contributed by atoms with Crippen molar-refractivity contribution in [2.24, 2.45) is 0 Å². The largest absolute Gasteiger partial charge is 0.341 e. The van der Waals surface area contributed by atoms with Gasteiger partial charge in [0.2, 0.25) is 0 Å². The zero-order valence-electron chi connectivity index (χ0n) is 10.7. The number of aromatic amines is 1. The number of hydrogen-bond donors (Lipinski definition) is 2. The summed E-state index contributed by atoms with van der Waals surface area (Å²) in [6.45, 7) is 3.11. The highest BCUT2D eigenvalue weighted by molar-refractivity contribution is 6.31. The Kier molecular flexibility index (Phi) is 4.50. The molecule has 1 saturated heterocycles. The van der Waals surface area contributed by atoms with Gasteiger partial charge in [0, 0.05) is 16.6 Å². The van der Waals surface area contributed by atoms with Crippen LogP contribution in [-0.2, 0) is 0 Å². The van der Waals surface area contributed by atoms with E-state index in [2.05, 4.69) is 15.3 Å². The first-order chi connectivity index (χ1) is 8.75. The van der Waals surface area contributed by atoms with Gasteiger partial charge >= 0.3 is 0 Å². The molecule has 19 heavy (non-hydrogen) atoms. The predicted molar refractivity (Wildman–Crippen MR) is 81.0 cm³/mol. The summed E-state index contributed by atoms with van der Waals surface area (Å²) in [5.74, 6) is 0.902. The van der Waals surface area contributed by atoms with Gasteiger partial charge in [0.05, 0.1) is 11.9 Å². The number of hydrogen-bond acceptors (Lipinski definition) is 2. The highest BCUT2D eigenvalue weighted by Gasteiger charge is 2.18. The third-order valence-electron chi connectivity index (χ3n) is 3.55. The lowest BCUT2D eigenvalue weighted by Crippen LogP contribution is -2.12. The fraction of sp³-hybridized carbons (Fsp3) is 0.357. The van der Waals surface area contributed by atoms with Crippen LogP contribution in [0.3, 0.4) is 0 Å². The minimum atomic E-state index is 0. The molecular formula is C14H17Cl2N3. The molecule has 0 saturated carbocycles. The van der Waals surface area contributed by atoms with E-state index in [9.17, 15) is 0 Å². The van der Waals surface area contributed by atoms with Crippen LogP contribution in [0.2, 0.25) is 5.02 Å². The summed E-state index contributed by atoms with van der Waals surface area (Å²) in [6.07, 6.45) is 4.34. The maximum atomic E-state index is 6.14. The van der Waals surface area contributed by atoms with E-state index in [1.165, 1.54) is 18.5 Å². The minimum absolute atomic E-state index is 0. The average Bonchev–Trinajstić information content (AvgIpc) is 3.01. The molecule has 1 unspecified atom stereocenters. The molecule has 2 aromatic rings. The molecule has 1 atom stereocenters. The second-order valence-electron chi connectivity index (χ2n) is 4.75. The van der Waals surface area contributed by atoms with Crippen molar-refractivity contribution in [3.05, 3.63) is 40.7 Å². The lowest BCUT2D eigenvalue weighted by atomic mass is 10.1. The summed E-state index contributed by atoms with van der Waals surface area (Å²) in [5, 5.41) is 4.25. The second kappa shape index (κ2) is 5.95. The van der Waals surface area contributed by atoms with Crippen LogP contribution >= 0.6 is 24.0 Å². The van der Waals surface area contributed by atoms with Gasteiger partial charge in [-0.3, -0.25) is 0 Å². The van der Waals surface area contributed by atoms with Crippen molar-refractivity contribution in [2.75, 3.05) is 6.54 Å². The number of H-pyrrole nitrogens is 1. The Labute approximate surface area is 124 Å². The first-order valence-electron chi connectivity index (χ1n) is 6.29. The zero-order valence-corrected chi connectivity index (χ0v) is 12.3. The first-order valence-corrected chi connectivity index (χ1v) is 6.67. The molecule has 0 aliphatic carbocycles. The number of rotatable bonds is 2. The number of imidazole rings is 1. The van der Waals surface area contributed by atoms with Crippen LogP contribution in [0.5, 0.6) is 0 Å². The Balaban J connectivity index is 0.00000133. The minimum Gasteiger partial charge on any atom is -0.341 e. The standard InChI is InChI=1S/C14H16ClN3.ClH/c1-9-10(4-2-5-11(9)15)14-17-8-13(18-14)12-6-3-7-16-12;/h2,4-5,8,12,16H,3,6-7H2,1H3,(H,17,18);1H. The quantitative estimate of drug-likeness (QED) is 0.883. The predicted octanol–water partition coefficient (Wildman–Crippen LogP) is 3.88. The molecule has 0 bridgehead atoms. The number of nitrogens with one attached hydrogen (secondary N) is 2. The molecule has 1 aliphatic rings. The third-order valence-corrected chi connectivity index (χ3v) is 3.96. The zero-order chi connectivity index (χ0) is 12.5. The van der Waals surface area contributed by atoms with Crippen LogP contribution in [0.25, 0.3) is 11.4 Å². The molecule has 5 heteroatoms. The van der Waals surface area contributed by atoms with Crippen molar-refractivity contribution < 1.29 is 0 Å². The molecule has 1 aromatic heterocycles. The summed E-state index contributed by atoms with van der Waals surface area (Å²) in [7, 11) is 0. The summed E-state index contributed by atoms with van der Waals surface area (Å²) < 4.78 is 0. The van der Waals surface area contributed by atoms with Crippen molar-refractivity contribution >= 4 is 24.0 Å². The number of benzene rings is 1. The Bertz CT molecular complexity index is 560. The van der Waals surface area contributed by atoms with Gasteiger partial charge in [-0.2, -0.15) is 0 Å². The molecule has 2 N–H and O–H groups in total. The van der Waals surface area contributed by atoms with Gasteiger partial charge in [-0.25, -0.2) is 4.98 Å². The van der Waals surface area contributed by atoms with E-state index < -0.39 is 0 Å². The van der Waals surface area contributed by atoms with E-state index in [4.69, 9.17) is 11.6 Å². The molecule has 3 nitrogen and oxygen atoms in total. The Morgan fingerprint density at radius 1 is 1.37 bits per heavy atom. The Morgan fingerprint density at radius 3 is 2.95 bits per heavy atom. The van der Waals surface area contributed by atoms with Gasteiger partial charge in [0.15, 0.2) is 0 Å². The molecule has 0 radical (unpaired) electrons. The molecule has 102 valence electrons. The van der Waals surface area contributed by atoms with Crippen molar-refractivity contribution in [1.29, 1.82) is 0 Å². The molecule has 0 amide bonds. The molecule has 1 aromatic carbocycles. The Hall–Kier alpha value is -1.03. The second-order valence-corrected chi connectivity index (χ2v) is 5.16. The maximum absolute atomic E-state index is 6.14. The SMILES string of the molecule is Cc1c(Cl)cccc1-c1ncc(C2CCCN2)[nH]1.Cl. The van der Waals surface area contributed by atoms with Gasteiger partial charge in [-0.15, -0.1) is 12.4 Å². The molecule has 0 spiro atoms. The highest BCUT2D eigenvalue weighted by Crippen LogP contribution is 2.28. The molecule has 1 fully saturated rings. The van der Waals surface area contributed by atoms with Crippen molar-refractivity contribution in [1.82, 2.24) is 15.3 Å². The van der Waals surface area contributed by atoms with Gasteiger partial charge < -0.3 is 10.3 Å². The van der Waals surface area contributed by atoms with E-state index >= 15 is 0 Å². The molecule has 1 aliphatic heterocycles. The fourth-order valence-corrected chi connectivity index (χ4v) is 2.64. The van der Waals surface area contributed by atoms with Crippen LogP contribution in [0.1, 0.15) is 30.1 Å². The lowest BCUT2D eigenvalue weighted by molar-refractivity contribution is 0.632. The third kappa shape index (κ3) is 2.78. The van der Waals surface area contributed by atoms with E-state index in [0.717, 1.165) is 28.5 Å².